The number of aromatic nitrogens is 1. The second kappa shape index (κ2) is 10.3. The third kappa shape index (κ3) is 5.60. The zero-order chi connectivity index (χ0) is 23.5. The molecule has 1 aromatic heterocycles. The summed E-state index contributed by atoms with van der Waals surface area (Å²) in [6.07, 6.45) is 11.0. The van der Waals surface area contributed by atoms with E-state index in [4.69, 9.17) is 4.74 Å². The molecule has 0 atom stereocenters. The molecule has 182 valence electrons. The molecule has 1 N–H and O–H groups in total. The lowest BCUT2D eigenvalue weighted by Crippen LogP contribution is -2.51. The van der Waals surface area contributed by atoms with Crippen molar-refractivity contribution >= 4 is 17.7 Å². The van der Waals surface area contributed by atoms with Crippen molar-refractivity contribution in [2.75, 3.05) is 33.8 Å². The molecule has 1 amide bonds. The Morgan fingerprint density at radius 2 is 1.76 bits per heavy atom. The molecule has 2 aromatic rings. The van der Waals surface area contributed by atoms with E-state index < -0.39 is 0 Å². The largest absolute Gasteiger partial charge is 0.494 e. The van der Waals surface area contributed by atoms with E-state index in [1.165, 1.54) is 50.3 Å². The molecular weight excluding hydrogens is 442 g/mol. The van der Waals surface area contributed by atoms with Gasteiger partial charge in [-0.25, -0.2) is 4.98 Å². The molecule has 34 heavy (non-hydrogen) atoms. The smallest absolute Gasteiger partial charge is 0.254 e. The van der Waals surface area contributed by atoms with Crippen LogP contribution >= 0.6 is 11.8 Å². The summed E-state index contributed by atoms with van der Waals surface area (Å²) >= 11 is 1.53. The van der Waals surface area contributed by atoms with Gasteiger partial charge in [0.2, 0.25) is 0 Å². The lowest BCUT2D eigenvalue weighted by Gasteiger charge is -2.56. The summed E-state index contributed by atoms with van der Waals surface area (Å²) in [5.41, 5.74) is 1.00. The molecule has 0 aliphatic heterocycles. The lowest BCUT2D eigenvalue weighted by molar-refractivity contribution is -0.0503. The molecule has 1 aromatic carbocycles. The van der Waals surface area contributed by atoms with Crippen LogP contribution in [-0.4, -0.2) is 49.6 Å². The third-order valence-electron chi connectivity index (χ3n) is 7.86. The summed E-state index contributed by atoms with van der Waals surface area (Å²) in [5, 5.41) is 4.07. The number of pyridine rings is 1. The van der Waals surface area contributed by atoms with Gasteiger partial charge in [0.15, 0.2) is 0 Å². The fourth-order valence-corrected chi connectivity index (χ4v) is 7.68. The van der Waals surface area contributed by atoms with Gasteiger partial charge >= 0.3 is 0 Å². The normalized spacial score (nSPS) is 27.2. The number of carbonyl (C=O) groups excluding carboxylic acids is 1. The molecule has 4 aliphatic carbocycles. The fourth-order valence-electron chi connectivity index (χ4n) is 6.80. The van der Waals surface area contributed by atoms with Crippen LogP contribution in [0.25, 0.3) is 0 Å². The Morgan fingerprint density at radius 1 is 1.09 bits per heavy atom. The number of nitrogens with one attached hydrogen (secondary N) is 1. The van der Waals surface area contributed by atoms with Gasteiger partial charge in [-0.3, -0.25) is 4.79 Å². The number of carbonyl (C=O) groups is 1. The molecule has 0 unspecified atom stereocenters. The Morgan fingerprint density at radius 3 is 2.41 bits per heavy atom. The maximum Gasteiger partial charge on any atom is 0.254 e. The first-order chi connectivity index (χ1) is 16.5. The van der Waals surface area contributed by atoms with Gasteiger partial charge in [0, 0.05) is 24.2 Å². The van der Waals surface area contributed by atoms with Crippen LogP contribution in [0.1, 0.15) is 55.3 Å². The number of hydrogen-bond acceptors (Lipinski definition) is 5. The van der Waals surface area contributed by atoms with Gasteiger partial charge < -0.3 is 15.0 Å². The fraction of sp³-hybridized carbons (Fsp3) is 0.571. The summed E-state index contributed by atoms with van der Waals surface area (Å²) in [4.78, 5) is 21.0. The Bertz CT molecular complexity index is 956. The molecule has 4 aliphatic rings. The van der Waals surface area contributed by atoms with E-state index >= 15 is 0 Å². The van der Waals surface area contributed by atoms with Crippen LogP contribution in [0, 0.1) is 23.2 Å². The predicted octanol–water partition coefficient (Wildman–Crippen LogP) is 5.51. The summed E-state index contributed by atoms with van der Waals surface area (Å²) in [6.45, 7) is 2.54. The molecule has 6 rings (SSSR count). The number of benzene rings is 1. The molecule has 6 heteroatoms. The zero-order valence-corrected chi connectivity index (χ0v) is 21.3. The van der Waals surface area contributed by atoms with Crippen LogP contribution in [0.4, 0.5) is 0 Å². The molecule has 1 heterocycles. The van der Waals surface area contributed by atoms with Gasteiger partial charge in [-0.05, 0) is 119 Å². The van der Waals surface area contributed by atoms with E-state index in [1.54, 1.807) is 6.20 Å². The summed E-state index contributed by atoms with van der Waals surface area (Å²) in [7, 11) is 4.14. The Hall–Kier alpha value is -2.05. The second-order valence-corrected chi connectivity index (χ2v) is 12.1. The summed E-state index contributed by atoms with van der Waals surface area (Å²) in [6, 6.07) is 11.8. The van der Waals surface area contributed by atoms with Gasteiger partial charge in [-0.1, -0.05) is 11.8 Å². The van der Waals surface area contributed by atoms with Crippen molar-refractivity contribution < 1.29 is 9.53 Å². The van der Waals surface area contributed by atoms with Gasteiger partial charge in [-0.2, -0.15) is 0 Å². The third-order valence-corrected chi connectivity index (χ3v) is 8.89. The van der Waals surface area contributed by atoms with Crippen molar-refractivity contribution in [3.05, 3.63) is 48.2 Å². The number of nitrogens with zero attached hydrogens (tertiary/aromatic N) is 2. The predicted molar refractivity (Wildman–Crippen MR) is 136 cm³/mol. The topological polar surface area (TPSA) is 54.5 Å². The highest BCUT2D eigenvalue weighted by Crippen LogP contribution is 2.59. The van der Waals surface area contributed by atoms with Crippen molar-refractivity contribution in [1.29, 1.82) is 0 Å². The maximum absolute atomic E-state index is 13.2. The van der Waals surface area contributed by atoms with Crippen molar-refractivity contribution in [3.63, 3.8) is 0 Å². The minimum atomic E-state index is 0.00666. The SMILES string of the molecule is CN(C)CCCOc1ccc(Sc2ncccc2C(=O)NCC23CC4CC(CC(C4)C2)C3)cc1. The first-order valence-corrected chi connectivity index (χ1v) is 13.6. The molecule has 4 saturated carbocycles. The first kappa shape index (κ1) is 23.7. The van der Waals surface area contributed by atoms with E-state index in [0.717, 1.165) is 52.9 Å². The molecule has 0 saturated heterocycles. The monoisotopic (exact) mass is 479 g/mol. The minimum absolute atomic E-state index is 0.00666. The standard InChI is InChI=1S/C28H37N3O2S/c1-31(2)11-4-12-33-23-6-8-24(9-7-23)34-27-25(5-3-10-29-27)26(32)30-19-28-16-20-13-21(17-28)15-22(14-20)18-28/h3,5-10,20-22H,4,11-19H2,1-2H3,(H,30,32). The van der Waals surface area contributed by atoms with Crippen molar-refractivity contribution in [2.45, 2.75) is 54.9 Å². The molecule has 4 bridgehead atoms. The van der Waals surface area contributed by atoms with Gasteiger partial charge in [0.05, 0.1) is 12.2 Å². The molecule has 5 nitrogen and oxygen atoms in total. The maximum atomic E-state index is 13.2. The Labute approximate surface area is 208 Å². The quantitative estimate of drug-likeness (QED) is 0.456. The number of hydrogen-bond donors (Lipinski definition) is 1. The first-order valence-electron chi connectivity index (χ1n) is 12.8. The Kier molecular flexibility index (Phi) is 7.16. The highest BCUT2D eigenvalue weighted by Gasteiger charge is 2.50. The number of rotatable bonds is 10. The summed E-state index contributed by atoms with van der Waals surface area (Å²) < 4.78 is 5.84. The van der Waals surface area contributed by atoms with Gasteiger partial charge in [0.25, 0.3) is 5.91 Å². The van der Waals surface area contributed by atoms with Crippen LogP contribution < -0.4 is 10.1 Å². The highest BCUT2D eigenvalue weighted by molar-refractivity contribution is 7.99. The van der Waals surface area contributed by atoms with Crippen LogP contribution in [0.15, 0.2) is 52.5 Å². The summed E-state index contributed by atoms with van der Waals surface area (Å²) in [5.74, 6) is 3.57. The van der Waals surface area contributed by atoms with Gasteiger partial charge in [0.1, 0.15) is 10.8 Å². The Balaban J connectivity index is 1.18. The van der Waals surface area contributed by atoms with Crippen LogP contribution in [0.5, 0.6) is 5.75 Å². The van der Waals surface area contributed by atoms with E-state index in [0.29, 0.717) is 17.6 Å². The molecular formula is C28H37N3O2S. The van der Waals surface area contributed by atoms with E-state index in [-0.39, 0.29) is 5.91 Å². The lowest BCUT2D eigenvalue weighted by atomic mass is 9.49. The zero-order valence-electron chi connectivity index (χ0n) is 20.5. The van der Waals surface area contributed by atoms with Crippen molar-refractivity contribution in [1.82, 2.24) is 15.2 Å². The minimum Gasteiger partial charge on any atom is -0.494 e. The second-order valence-electron chi connectivity index (χ2n) is 11.0. The van der Waals surface area contributed by atoms with Crippen LogP contribution in [0.3, 0.4) is 0 Å². The molecule has 0 radical (unpaired) electrons. The van der Waals surface area contributed by atoms with E-state index in [1.807, 2.05) is 36.4 Å². The molecule has 4 fully saturated rings. The van der Waals surface area contributed by atoms with Crippen LogP contribution in [-0.2, 0) is 0 Å². The van der Waals surface area contributed by atoms with Crippen molar-refractivity contribution in [2.24, 2.45) is 23.2 Å². The van der Waals surface area contributed by atoms with Crippen LogP contribution in [0.2, 0.25) is 0 Å². The highest BCUT2D eigenvalue weighted by atomic mass is 32.2. The number of amides is 1. The average Bonchev–Trinajstić information content (AvgIpc) is 2.81. The van der Waals surface area contributed by atoms with E-state index in [2.05, 4.69) is 29.3 Å². The van der Waals surface area contributed by atoms with Crippen molar-refractivity contribution in [3.8, 4) is 5.75 Å². The van der Waals surface area contributed by atoms with E-state index in [9.17, 15) is 4.79 Å². The number of ether oxygens (including phenoxy) is 1. The molecule has 0 spiro atoms. The van der Waals surface area contributed by atoms with Gasteiger partial charge in [-0.15, -0.1) is 0 Å². The average molecular weight is 480 g/mol.